The van der Waals surface area contributed by atoms with Crippen LogP contribution in [0.3, 0.4) is 0 Å². The Hall–Kier alpha value is -0.720. The molecule has 0 aliphatic carbocycles. The van der Waals surface area contributed by atoms with Crippen LogP contribution in [0.2, 0.25) is 5.02 Å². The monoisotopic (exact) mass is 254 g/mol. The molecule has 0 heterocycles. The van der Waals surface area contributed by atoms with Crippen LogP contribution in [0.1, 0.15) is 25.3 Å². The van der Waals surface area contributed by atoms with Gasteiger partial charge in [-0.15, -0.1) is 0 Å². The maximum absolute atomic E-state index is 5.94. The zero-order chi connectivity index (χ0) is 11.8. The molecule has 0 fully saturated rings. The molecule has 0 nitrogen and oxygen atoms in total. The molecule has 0 atom stereocenters. The van der Waals surface area contributed by atoms with Crippen molar-refractivity contribution >= 4 is 23.2 Å². The van der Waals surface area contributed by atoms with Crippen LogP contribution in [0.15, 0.2) is 47.5 Å². The van der Waals surface area contributed by atoms with Crippen LogP contribution < -0.4 is 0 Å². The minimum atomic E-state index is 0.785. The molecule has 16 heavy (non-hydrogen) atoms. The lowest BCUT2D eigenvalue weighted by Crippen LogP contribution is -1.81. The lowest BCUT2D eigenvalue weighted by molar-refractivity contribution is 1.00. The molecule has 0 unspecified atom stereocenters. The largest absolute Gasteiger partial charge is 0.0847 e. The maximum Gasteiger partial charge on any atom is 0.0406 e. The molecular weight excluding hydrogens is 239 g/mol. The van der Waals surface area contributed by atoms with Gasteiger partial charge in [0.15, 0.2) is 0 Å². The van der Waals surface area contributed by atoms with Gasteiger partial charge in [-0.05, 0) is 43.0 Å². The molecule has 1 aromatic rings. The standard InChI is InChI=1S/C14H16Cl2/c1-2-5-13(15)7-4-3-6-12-8-10-14(16)11-9-12/h4-5,7-11H,2-3,6H2,1H3/b7-4-,13-5+. The molecule has 0 saturated carbocycles. The number of hydrogen-bond acceptors (Lipinski definition) is 0. The molecule has 0 radical (unpaired) electrons. The van der Waals surface area contributed by atoms with Crippen LogP contribution in [0, 0.1) is 0 Å². The summed E-state index contributed by atoms with van der Waals surface area (Å²) in [6, 6.07) is 7.95. The molecule has 0 N–H and O–H groups in total. The van der Waals surface area contributed by atoms with Gasteiger partial charge in [0.25, 0.3) is 0 Å². The molecule has 0 spiro atoms. The summed E-state index contributed by atoms with van der Waals surface area (Å²) in [6.45, 7) is 2.07. The number of hydrogen-bond donors (Lipinski definition) is 0. The summed E-state index contributed by atoms with van der Waals surface area (Å²) in [5, 5.41) is 1.60. The van der Waals surface area contributed by atoms with E-state index < -0.39 is 0 Å². The Labute approximate surface area is 108 Å². The van der Waals surface area contributed by atoms with Crippen LogP contribution in [0.25, 0.3) is 0 Å². The Morgan fingerprint density at radius 3 is 2.56 bits per heavy atom. The van der Waals surface area contributed by atoms with E-state index >= 15 is 0 Å². The van der Waals surface area contributed by atoms with Crippen LogP contribution in [-0.2, 0) is 6.42 Å². The highest BCUT2D eigenvalue weighted by Crippen LogP contribution is 2.12. The van der Waals surface area contributed by atoms with Crippen molar-refractivity contribution in [2.24, 2.45) is 0 Å². The molecule has 1 rings (SSSR count). The van der Waals surface area contributed by atoms with Gasteiger partial charge in [0.05, 0.1) is 0 Å². The zero-order valence-corrected chi connectivity index (χ0v) is 10.9. The minimum absolute atomic E-state index is 0.785. The van der Waals surface area contributed by atoms with Crippen LogP contribution in [-0.4, -0.2) is 0 Å². The summed E-state index contributed by atoms with van der Waals surface area (Å²) >= 11 is 11.8. The SMILES string of the molecule is CC/C=C(Cl)\C=C/CCc1ccc(Cl)cc1. The molecule has 0 saturated heterocycles. The van der Waals surface area contributed by atoms with E-state index in [9.17, 15) is 0 Å². The van der Waals surface area contributed by atoms with Gasteiger partial charge in [0, 0.05) is 10.1 Å². The summed E-state index contributed by atoms with van der Waals surface area (Å²) < 4.78 is 0. The lowest BCUT2D eigenvalue weighted by atomic mass is 10.1. The molecule has 1 aromatic carbocycles. The molecule has 86 valence electrons. The summed E-state index contributed by atoms with van der Waals surface area (Å²) in [5.74, 6) is 0. The Balaban J connectivity index is 2.36. The number of allylic oxidation sites excluding steroid dienone is 4. The van der Waals surface area contributed by atoms with Gasteiger partial charge < -0.3 is 0 Å². The second kappa shape index (κ2) is 7.54. The third-order valence-corrected chi connectivity index (χ3v) is 2.72. The highest BCUT2D eigenvalue weighted by Gasteiger charge is 1.91. The molecule has 0 aromatic heterocycles. The van der Waals surface area contributed by atoms with Crippen LogP contribution in [0.5, 0.6) is 0 Å². The van der Waals surface area contributed by atoms with E-state index in [1.165, 1.54) is 5.56 Å². The van der Waals surface area contributed by atoms with Crippen molar-refractivity contribution in [2.45, 2.75) is 26.2 Å². The smallest absolute Gasteiger partial charge is 0.0406 e. The van der Waals surface area contributed by atoms with E-state index in [0.717, 1.165) is 29.3 Å². The van der Waals surface area contributed by atoms with Crippen molar-refractivity contribution in [3.8, 4) is 0 Å². The Bertz CT molecular complexity index is 361. The van der Waals surface area contributed by atoms with E-state index in [-0.39, 0.29) is 0 Å². The fourth-order valence-corrected chi connectivity index (χ4v) is 1.73. The molecule has 0 bridgehead atoms. The van der Waals surface area contributed by atoms with Crippen molar-refractivity contribution in [1.82, 2.24) is 0 Å². The first-order valence-corrected chi connectivity index (χ1v) is 6.24. The van der Waals surface area contributed by atoms with Crippen molar-refractivity contribution in [3.63, 3.8) is 0 Å². The second-order valence-corrected chi connectivity index (χ2v) is 4.44. The highest BCUT2D eigenvalue weighted by molar-refractivity contribution is 6.31. The Morgan fingerprint density at radius 1 is 1.25 bits per heavy atom. The number of aryl methyl sites for hydroxylation is 1. The van der Waals surface area contributed by atoms with Crippen molar-refractivity contribution in [3.05, 3.63) is 58.1 Å². The van der Waals surface area contributed by atoms with E-state index in [1.807, 2.05) is 24.3 Å². The summed E-state index contributed by atoms with van der Waals surface area (Å²) in [7, 11) is 0. The fourth-order valence-electron chi connectivity index (χ4n) is 1.36. The third-order valence-electron chi connectivity index (χ3n) is 2.19. The van der Waals surface area contributed by atoms with Crippen molar-refractivity contribution < 1.29 is 0 Å². The first-order valence-electron chi connectivity index (χ1n) is 5.49. The van der Waals surface area contributed by atoms with Gasteiger partial charge >= 0.3 is 0 Å². The average Bonchev–Trinajstić information content (AvgIpc) is 2.27. The Kier molecular flexibility index (Phi) is 6.29. The second-order valence-electron chi connectivity index (χ2n) is 3.56. The molecule has 2 heteroatoms. The normalized spacial score (nSPS) is 12.3. The third kappa shape index (κ3) is 5.39. The van der Waals surface area contributed by atoms with Crippen LogP contribution in [0.4, 0.5) is 0 Å². The molecular formula is C14H16Cl2. The molecule has 0 aliphatic heterocycles. The Morgan fingerprint density at radius 2 is 1.94 bits per heavy atom. The predicted octanol–water partition coefficient (Wildman–Crippen LogP) is 5.36. The van der Waals surface area contributed by atoms with E-state index in [2.05, 4.69) is 25.1 Å². The summed E-state index contributed by atoms with van der Waals surface area (Å²) in [5.41, 5.74) is 1.30. The van der Waals surface area contributed by atoms with Gasteiger partial charge in [-0.3, -0.25) is 0 Å². The zero-order valence-electron chi connectivity index (χ0n) is 9.42. The number of rotatable bonds is 5. The summed E-state index contributed by atoms with van der Waals surface area (Å²) in [6.07, 6.45) is 9.05. The molecule has 0 amide bonds. The topological polar surface area (TPSA) is 0 Å². The van der Waals surface area contributed by atoms with E-state index in [1.54, 1.807) is 0 Å². The van der Waals surface area contributed by atoms with Gasteiger partial charge in [0.2, 0.25) is 0 Å². The fraction of sp³-hybridized carbons (Fsp3) is 0.286. The van der Waals surface area contributed by atoms with Gasteiger partial charge in [-0.1, -0.05) is 54.4 Å². The maximum atomic E-state index is 5.94. The first kappa shape index (κ1) is 13.3. The molecule has 0 aliphatic rings. The van der Waals surface area contributed by atoms with E-state index in [4.69, 9.17) is 23.2 Å². The number of halogens is 2. The van der Waals surface area contributed by atoms with Crippen LogP contribution >= 0.6 is 23.2 Å². The van der Waals surface area contributed by atoms with Crippen molar-refractivity contribution in [2.75, 3.05) is 0 Å². The van der Waals surface area contributed by atoms with E-state index in [0.29, 0.717) is 0 Å². The quantitative estimate of drug-likeness (QED) is 0.621. The number of benzene rings is 1. The van der Waals surface area contributed by atoms with Gasteiger partial charge in [-0.25, -0.2) is 0 Å². The van der Waals surface area contributed by atoms with Crippen molar-refractivity contribution in [1.29, 1.82) is 0 Å². The lowest BCUT2D eigenvalue weighted by Gasteiger charge is -1.97. The highest BCUT2D eigenvalue weighted by atomic mass is 35.5. The minimum Gasteiger partial charge on any atom is -0.0847 e. The van der Waals surface area contributed by atoms with Gasteiger partial charge in [0.1, 0.15) is 0 Å². The summed E-state index contributed by atoms with van der Waals surface area (Å²) in [4.78, 5) is 0. The van der Waals surface area contributed by atoms with Gasteiger partial charge in [-0.2, -0.15) is 0 Å². The first-order chi connectivity index (χ1) is 7.72. The predicted molar refractivity (Wildman–Crippen MR) is 73.1 cm³/mol. The average molecular weight is 255 g/mol.